The molecular formula is C29H25ClF4N2O5S. The van der Waals surface area contributed by atoms with Gasteiger partial charge in [-0.15, -0.1) is 0 Å². The van der Waals surface area contributed by atoms with Gasteiger partial charge in [0.25, 0.3) is 5.91 Å². The zero-order chi connectivity index (χ0) is 30.2. The minimum atomic E-state index is -4.10. The highest BCUT2D eigenvalue weighted by atomic mass is 35.5. The molecule has 7 nitrogen and oxygen atoms in total. The Balaban J connectivity index is 1.31. The van der Waals surface area contributed by atoms with Gasteiger partial charge in [0.15, 0.2) is 27.3 Å². The number of carbonyl (C=O) groups is 1. The van der Waals surface area contributed by atoms with Gasteiger partial charge >= 0.3 is 0 Å². The minimum Gasteiger partial charge on any atom is -0.391 e. The van der Waals surface area contributed by atoms with Crippen LogP contribution in [0.15, 0.2) is 64.6 Å². The summed E-state index contributed by atoms with van der Waals surface area (Å²) in [6.45, 7) is -0.142. The predicted octanol–water partition coefficient (Wildman–Crippen LogP) is 6.04. The molecule has 0 saturated heterocycles. The molecule has 2 fully saturated rings. The molecule has 0 aromatic heterocycles. The van der Waals surface area contributed by atoms with Crippen LogP contribution >= 0.6 is 11.6 Å². The Labute approximate surface area is 244 Å². The summed E-state index contributed by atoms with van der Waals surface area (Å²) in [6.07, 6.45) is 2.44. The first-order valence-electron chi connectivity index (χ1n) is 13.0. The lowest BCUT2D eigenvalue weighted by Gasteiger charge is -2.38. The number of anilines is 1. The number of oxime groups is 1. The van der Waals surface area contributed by atoms with Crippen molar-refractivity contribution in [3.8, 4) is 0 Å². The lowest BCUT2D eigenvalue weighted by molar-refractivity contribution is 0.0409. The van der Waals surface area contributed by atoms with E-state index in [-0.39, 0.29) is 40.6 Å². The van der Waals surface area contributed by atoms with E-state index in [2.05, 4.69) is 10.5 Å². The van der Waals surface area contributed by atoms with Crippen molar-refractivity contribution >= 4 is 39.2 Å². The van der Waals surface area contributed by atoms with E-state index >= 15 is 0 Å². The van der Waals surface area contributed by atoms with Gasteiger partial charge < -0.3 is 15.3 Å². The molecule has 5 rings (SSSR count). The van der Waals surface area contributed by atoms with Gasteiger partial charge in [-0.2, -0.15) is 0 Å². The Hall–Kier alpha value is -3.48. The standard InChI is InChI=1S/C29H25ClF4N2O5S/c30-21-8-7-16(28(37)36-20-10-23(32)26(34)24(33)11-20)9-25(21)42(39,40)27-17-5-6-18(27)13-29(38,12-17)15-35-41-14-19-3-1-2-4-22(19)31/h1-4,7-11,15,17-18,27,38H,5-6,12-14H2,(H,36,37)/b35-15+/t17-,18?,27?,29?/m0/s1. The van der Waals surface area contributed by atoms with Crippen LogP contribution in [0.5, 0.6) is 0 Å². The second-order valence-electron chi connectivity index (χ2n) is 10.6. The highest BCUT2D eigenvalue weighted by Gasteiger charge is 2.54. The molecule has 13 heteroatoms. The van der Waals surface area contributed by atoms with Crippen LogP contribution in [0.25, 0.3) is 0 Å². The predicted molar refractivity (Wildman–Crippen MR) is 147 cm³/mol. The first kappa shape index (κ1) is 30.0. The number of carbonyl (C=O) groups excluding carboxylic acids is 1. The molecule has 0 aliphatic heterocycles. The van der Waals surface area contributed by atoms with E-state index in [1.54, 1.807) is 18.2 Å². The topological polar surface area (TPSA) is 105 Å². The number of benzene rings is 3. The van der Waals surface area contributed by atoms with Crippen LogP contribution in [-0.4, -0.2) is 36.5 Å². The first-order chi connectivity index (χ1) is 19.9. The van der Waals surface area contributed by atoms with Gasteiger partial charge in [0.05, 0.1) is 21.4 Å². The summed E-state index contributed by atoms with van der Waals surface area (Å²) >= 11 is 6.28. The van der Waals surface area contributed by atoms with Crippen molar-refractivity contribution in [1.29, 1.82) is 0 Å². The van der Waals surface area contributed by atoms with E-state index in [4.69, 9.17) is 16.4 Å². The van der Waals surface area contributed by atoms with Crippen LogP contribution in [0.2, 0.25) is 5.02 Å². The van der Waals surface area contributed by atoms with Crippen molar-refractivity contribution < 1.29 is 40.7 Å². The molecule has 2 N–H and O–H groups in total. The number of halogens is 5. The second kappa shape index (κ2) is 11.7. The Bertz CT molecular complexity index is 1630. The molecule has 222 valence electrons. The van der Waals surface area contributed by atoms with Crippen molar-refractivity contribution in [1.82, 2.24) is 0 Å². The monoisotopic (exact) mass is 624 g/mol. The fourth-order valence-corrected chi connectivity index (χ4v) is 8.72. The Morgan fingerprint density at radius 2 is 1.67 bits per heavy atom. The summed E-state index contributed by atoms with van der Waals surface area (Å²) in [5.41, 5.74) is -1.65. The van der Waals surface area contributed by atoms with Gasteiger partial charge in [-0.25, -0.2) is 26.0 Å². The molecule has 0 spiro atoms. The SMILES string of the molecule is O=C(Nc1cc(F)c(F)c(F)c1)c1ccc(Cl)c(S(=O)(=O)C2C3CC[C@H]2CC(O)(/C=N/OCc2ccccc2F)C3)c1. The summed E-state index contributed by atoms with van der Waals surface area (Å²) in [4.78, 5) is 17.7. The van der Waals surface area contributed by atoms with E-state index in [0.717, 1.165) is 6.07 Å². The Morgan fingerprint density at radius 1 is 1.02 bits per heavy atom. The molecule has 42 heavy (non-hydrogen) atoms. The molecule has 4 atom stereocenters. The van der Waals surface area contributed by atoms with E-state index in [0.29, 0.717) is 30.5 Å². The number of aliphatic hydroxyl groups is 1. The fraction of sp³-hybridized carbons (Fsp3) is 0.310. The van der Waals surface area contributed by atoms with Crippen LogP contribution in [0, 0.1) is 35.1 Å². The largest absolute Gasteiger partial charge is 0.391 e. The number of hydrogen-bond acceptors (Lipinski definition) is 6. The van der Waals surface area contributed by atoms with E-state index in [1.165, 1.54) is 24.4 Å². The van der Waals surface area contributed by atoms with Gasteiger partial charge in [-0.3, -0.25) is 4.79 Å². The third-order valence-electron chi connectivity index (χ3n) is 7.71. The van der Waals surface area contributed by atoms with Crippen LogP contribution in [0.3, 0.4) is 0 Å². The number of rotatable bonds is 8. The Morgan fingerprint density at radius 3 is 2.31 bits per heavy atom. The maximum Gasteiger partial charge on any atom is 0.255 e. The highest BCUT2D eigenvalue weighted by Crippen LogP contribution is 2.51. The lowest BCUT2D eigenvalue weighted by Crippen LogP contribution is -2.47. The van der Waals surface area contributed by atoms with Crippen LogP contribution in [0.4, 0.5) is 23.2 Å². The van der Waals surface area contributed by atoms with Crippen molar-refractivity contribution in [3.63, 3.8) is 0 Å². The van der Waals surface area contributed by atoms with Crippen molar-refractivity contribution in [2.24, 2.45) is 17.0 Å². The molecule has 2 saturated carbocycles. The number of amides is 1. The third-order valence-corrected chi connectivity index (χ3v) is 10.6. The zero-order valence-electron chi connectivity index (χ0n) is 21.9. The van der Waals surface area contributed by atoms with Crippen molar-refractivity contribution in [2.45, 2.75) is 48.0 Å². The van der Waals surface area contributed by atoms with Gasteiger partial charge in [0.1, 0.15) is 18.0 Å². The van der Waals surface area contributed by atoms with Gasteiger partial charge in [0.2, 0.25) is 0 Å². The van der Waals surface area contributed by atoms with Crippen LogP contribution < -0.4 is 5.32 Å². The smallest absolute Gasteiger partial charge is 0.255 e. The normalized spacial score (nSPS) is 23.7. The zero-order valence-corrected chi connectivity index (χ0v) is 23.4. The average Bonchev–Trinajstić information content (AvgIpc) is 3.23. The lowest BCUT2D eigenvalue weighted by atomic mass is 9.78. The number of nitrogens with zero attached hydrogens (tertiary/aromatic N) is 1. The molecule has 1 amide bonds. The van der Waals surface area contributed by atoms with Gasteiger partial charge in [-0.05, 0) is 61.8 Å². The van der Waals surface area contributed by atoms with Crippen molar-refractivity contribution in [3.05, 3.63) is 94.0 Å². The maximum absolute atomic E-state index is 13.9. The molecular weight excluding hydrogens is 600 g/mol. The molecule has 3 aromatic carbocycles. The highest BCUT2D eigenvalue weighted by molar-refractivity contribution is 7.92. The third kappa shape index (κ3) is 6.02. The van der Waals surface area contributed by atoms with Crippen LogP contribution in [0.1, 0.15) is 41.6 Å². The average molecular weight is 625 g/mol. The van der Waals surface area contributed by atoms with E-state index in [9.17, 15) is 35.9 Å². The number of sulfone groups is 1. The second-order valence-corrected chi connectivity index (χ2v) is 13.1. The molecule has 3 aromatic rings. The summed E-state index contributed by atoms with van der Waals surface area (Å²) < 4.78 is 81.9. The molecule has 0 heterocycles. The summed E-state index contributed by atoms with van der Waals surface area (Å²) in [7, 11) is -4.10. The van der Waals surface area contributed by atoms with Gasteiger partial charge in [-0.1, -0.05) is 35.0 Å². The Kier molecular flexibility index (Phi) is 8.32. The fourth-order valence-electron chi connectivity index (χ4n) is 5.88. The number of nitrogens with one attached hydrogen (secondary N) is 1. The van der Waals surface area contributed by atoms with E-state index in [1.807, 2.05) is 0 Å². The van der Waals surface area contributed by atoms with Gasteiger partial charge in [0, 0.05) is 28.9 Å². The first-order valence-corrected chi connectivity index (χ1v) is 14.9. The number of hydrogen-bond donors (Lipinski definition) is 2. The molecule has 2 bridgehead atoms. The maximum atomic E-state index is 13.9. The summed E-state index contributed by atoms with van der Waals surface area (Å²) in [6, 6.07) is 10.8. The molecule has 3 unspecified atom stereocenters. The molecule has 2 aliphatic carbocycles. The summed E-state index contributed by atoms with van der Waals surface area (Å²) in [5.74, 6) is -6.93. The quantitative estimate of drug-likeness (QED) is 0.138. The van der Waals surface area contributed by atoms with Crippen LogP contribution in [-0.2, 0) is 21.3 Å². The summed E-state index contributed by atoms with van der Waals surface area (Å²) in [5, 5.41) is 16.2. The van der Waals surface area contributed by atoms with E-state index < -0.39 is 61.7 Å². The number of fused-ring (bicyclic) bond motifs is 2. The van der Waals surface area contributed by atoms with Crippen molar-refractivity contribution in [2.75, 3.05) is 5.32 Å². The molecule has 0 radical (unpaired) electrons. The minimum absolute atomic E-state index is 0.0828. The molecule has 2 aliphatic rings.